The van der Waals surface area contributed by atoms with E-state index < -0.39 is 22.0 Å². The normalized spacial score (nSPS) is 18.4. The van der Waals surface area contributed by atoms with Crippen molar-refractivity contribution in [2.75, 3.05) is 12.3 Å². The first-order valence-electron chi connectivity index (χ1n) is 12.5. The lowest BCUT2D eigenvalue weighted by atomic mass is 9.99. The Bertz CT molecular complexity index is 1500. The first kappa shape index (κ1) is 27.7. The summed E-state index contributed by atoms with van der Waals surface area (Å²) in [5, 5.41) is 0. The Morgan fingerprint density at radius 1 is 1.08 bits per heavy atom. The molecule has 0 bridgehead atoms. The Hall–Kier alpha value is -4.30. The number of carbonyl (C=O) groups excluding carboxylic acids is 1. The summed E-state index contributed by atoms with van der Waals surface area (Å²) in [6, 6.07) is 20.7. The van der Waals surface area contributed by atoms with Gasteiger partial charge in [0.25, 0.3) is 5.91 Å². The minimum Gasteiger partial charge on any atom is -0.466 e. The van der Waals surface area contributed by atoms with E-state index in [1.54, 1.807) is 18.5 Å². The molecule has 2 atom stereocenters. The van der Waals surface area contributed by atoms with Gasteiger partial charge in [0.1, 0.15) is 0 Å². The third-order valence-electron chi connectivity index (χ3n) is 6.39. The molecule has 0 aliphatic carbocycles. The molecule has 0 saturated heterocycles. The molecule has 0 radical (unpaired) electrons. The fraction of sp³-hybridized carbons (Fsp3) is 0.194. The predicted molar refractivity (Wildman–Crippen MR) is 154 cm³/mol. The first-order chi connectivity index (χ1) is 18.8. The molecule has 1 amide bonds. The number of hydrogen-bond donors (Lipinski definition) is 0. The molecule has 0 N–H and O–H groups in total. The number of sulfone groups is 1. The summed E-state index contributed by atoms with van der Waals surface area (Å²) in [5.41, 5.74) is 3.78. The van der Waals surface area contributed by atoms with Gasteiger partial charge in [-0.05, 0) is 30.7 Å². The van der Waals surface area contributed by atoms with Gasteiger partial charge in [-0.3, -0.25) is 9.78 Å². The molecule has 39 heavy (non-hydrogen) atoms. The van der Waals surface area contributed by atoms with E-state index in [0.29, 0.717) is 11.5 Å². The summed E-state index contributed by atoms with van der Waals surface area (Å²) in [6.45, 7) is 9.50. The van der Waals surface area contributed by atoms with Gasteiger partial charge in [-0.1, -0.05) is 85.5 Å². The second-order valence-electron chi connectivity index (χ2n) is 9.10. The van der Waals surface area contributed by atoms with Gasteiger partial charge >= 0.3 is 0 Å². The zero-order chi connectivity index (χ0) is 27.8. The third-order valence-corrected chi connectivity index (χ3v) is 8.13. The van der Waals surface area contributed by atoms with Crippen molar-refractivity contribution in [3.05, 3.63) is 138 Å². The fourth-order valence-corrected chi connectivity index (χ4v) is 5.63. The number of rotatable bonds is 7. The van der Waals surface area contributed by atoms with Gasteiger partial charge in [0.05, 0.1) is 16.2 Å². The number of allylic oxidation sites excluding steroid dienone is 3. The van der Waals surface area contributed by atoms with E-state index in [9.17, 15) is 13.2 Å². The minimum absolute atomic E-state index is 0.0266. The summed E-state index contributed by atoms with van der Waals surface area (Å²) >= 11 is 0. The number of fused-ring (bicyclic) bond motifs is 3. The van der Waals surface area contributed by atoms with Crippen LogP contribution in [0.15, 0.2) is 120 Å². The van der Waals surface area contributed by atoms with E-state index >= 15 is 0 Å². The maximum Gasteiger partial charge on any atom is 0.252 e. The molecule has 0 unspecified atom stereocenters. The number of aryl methyl sites for hydroxylation is 1. The van der Waals surface area contributed by atoms with Crippen LogP contribution in [0.1, 0.15) is 28.4 Å². The Morgan fingerprint density at radius 3 is 2.46 bits per heavy atom. The highest BCUT2D eigenvalue weighted by Crippen LogP contribution is 2.37. The minimum atomic E-state index is -3.62. The van der Waals surface area contributed by atoms with Crippen molar-refractivity contribution < 1.29 is 17.9 Å². The molecule has 8 heteroatoms. The van der Waals surface area contributed by atoms with Gasteiger partial charge in [0.15, 0.2) is 22.0 Å². The van der Waals surface area contributed by atoms with E-state index in [4.69, 9.17) is 4.74 Å². The molecule has 7 nitrogen and oxygen atoms in total. The highest BCUT2D eigenvalue weighted by molar-refractivity contribution is 7.95. The van der Waals surface area contributed by atoms with Crippen LogP contribution >= 0.6 is 0 Å². The van der Waals surface area contributed by atoms with E-state index in [1.807, 2.05) is 48.5 Å². The van der Waals surface area contributed by atoms with Crippen LogP contribution in [-0.4, -0.2) is 48.4 Å². The van der Waals surface area contributed by atoms with Gasteiger partial charge in [0, 0.05) is 31.0 Å². The van der Waals surface area contributed by atoms with Crippen LogP contribution in [0.3, 0.4) is 0 Å². The molecule has 2 aliphatic rings. The maximum absolute atomic E-state index is 13.4. The highest BCUT2D eigenvalue weighted by atomic mass is 32.2. The summed E-state index contributed by atoms with van der Waals surface area (Å²) < 4.78 is 31.5. The van der Waals surface area contributed by atoms with Crippen LogP contribution in [-0.2, 0) is 25.9 Å². The van der Waals surface area contributed by atoms with Gasteiger partial charge in [0.2, 0.25) is 5.90 Å². The lowest BCUT2D eigenvalue weighted by Crippen LogP contribution is -2.40. The second-order valence-corrected chi connectivity index (χ2v) is 11.2. The number of nitrogens with zero attached hydrogens (tertiary/aromatic N) is 3. The molecule has 0 saturated carbocycles. The monoisotopic (exact) mass is 541 g/mol. The Kier molecular flexibility index (Phi) is 8.88. The predicted octanol–water partition coefficient (Wildman–Crippen LogP) is 4.98. The van der Waals surface area contributed by atoms with Crippen LogP contribution < -0.4 is 0 Å². The molecule has 0 fully saturated rings. The molecule has 200 valence electrons. The lowest BCUT2D eigenvalue weighted by Gasteiger charge is -2.22. The van der Waals surface area contributed by atoms with Gasteiger partial charge < -0.3 is 9.64 Å². The zero-order valence-electron chi connectivity index (χ0n) is 21.8. The summed E-state index contributed by atoms with van der Waals surface area (Å²) in [6.07, 6.45) is 6.79. The van der Waals surface area contributed by atoms with Crippen molar-refractivity contribution in [2.45, 2.75) is 25.6 Å². The second kappa shape index (κ2) is 12.5. The van der Waals surface area contributed by atoms with Crippen molar-refractivity contribution in [2.24, 2.45) is 4.99 Å². The van der Waals surface area contributed by atoms with E-state index in [2.05, 4.69) is 42.2 Å². The molecule has 1 aromatic heterocycles. The van der Waals surface area contributed by atoms with Gasteiger partial charge in [-0.2, -0.15) is 0 Å². The standard InChI is InChI=1S/C24H23N3O4S.C7H8/c1-3-8-19(4-2)32(29,30)14-13-27-16-18-9-5-6-11-20(18)22-21(24(27)28)26-23(31-22)17-10-7-12-25-15-17;1-7-5-3-2-4-6-7/h3-12,15,21-22H,1-2,13-14,16H2;2-6H,1H3/b19-8+;/t21-,22-;/m0./s1. The van der Waals surface area contributed by atoms with Crippen molar-refractivity contribution in [3.63, 3.8) is 0 Å². The van der Waals surface area contributed by atoms with Gasteiger partial charge in [-0.25, -0.2) is 13.4 Å². The molecule has 0 spiro atoms. The molecule has 3 heterocycles. The van der Waals surface area contributed by atoms with Crippen molar-refractivity contribution in [3.8, 4) is 0 Å². The van der Waals surface area contributed by atoms with Crippen LogP contribution in [0, 0.1) is 6.92 Å². The SMILES string of the molecule is C=C/C=C(\C=C)S(=O)(=O)CCN1Cc2ccccc2[C@@H]2OC(c3cccnc3)=N[C@@H]2C1=O.Cc1ccccc1. The number of amides is 1. The third kappa shape index (κ3) is 6.59. The number of hydrogen-bond acceptors (Lipinski definition) is 6. The zero-order valence-corrected chi connectivity index (χ0v) is 22.6. The Balaban J connectivity index is 0.000000438. The van der Waals surface area contributed by atoms with Gasteiger partial charge in [-0.15, -0.1) is 0 Å². The quantitative estimate of drug-likeness (QED) is 0.394. The molecule has 3 aromatic rings. The summed E-state index contributed by atoms with van der Waals surface area (Å²) in [7, 11) is -3.62. The topological polar surface area (TPSA) is 88.9 Å². The van der Waals surface area contributed by atoms with Crippen molar-refractivity contribution >= 4 is 21.6 Å². The largest absolute Gasteiger partial charge is 0.466 e. The molecule has 2 aromatic carbocycles. The first-order valence-corrected chi connectivity index (χ1v) is 14.2. The summed E-state index contributed by atoms with van der Waals surface area (Å²) in [4.78, 5) is 23.7. The van der Waals surface area contributed by atoms with E-state index in [0.717, 1.165) is 11.1 Å². The van der Waals surface area contributed by atoms with Crippen LogP contribution in [0.4, 0.5) is 0 Å². The maximum atomic E-state index is 13.4. The lowest BCUT2D eigenvalue weighted by molar-refractivity contribution is -0.133. The fourth-order valence-electron chi connectivity index (χ4n) is 4.37. The van der Waals surface area contributed by atoms with Crippen LogP contribution in [0.25, 0.3) is 0 Å². The molecular weight excluding hydrogens is 510 g/mol. The smallest absolute Gasteiger partial charge is 0.252 e. The number of ether oxygens (including phenoxy) is 1. The van der Waals surface area contributed by atoms with Crippen molar-refractivity contribution in [1.29, 1.82) is 0 Å². The average molecular weight is 542 g/mol. The Labute approximate surface area is 229 Å². The molecule has 5 rings (SSSR count). The number of carbonyl (C=O) groups is 1. The Morgan fingerprint density at radius 2 is 1.82 bits per heavy atom. The highest BCUT2D eigenvalue weighted by Gasteiger charge is 2.43. The number of benzene rings is 2. The van der Waals surface area contributed by atoms with E-state index in [1.165, 1.54) is 28.7 Å². The van der Waals surface area contributed by atoms with Crippen molar-refractivity contribution in [1.82, 2.24) is 9.88 Å². The van der Waals surface area contributed by atoms with Crippen LogP contribution in [0.5, 0.6) is 0 Å². The summed E-state index contributed by atoms with van der Waals surface area (Å²) in [5.74, 6) is -0.147. The van der Waals surface area contributed by atoms with E-state index in [-0.39, 0.29) is 29.7 Å². The number of aliphatic imine (C=N–C) groups is 1. The number of pyridine rings is 1. The number of aromatic nitrogens is 1. The molecular formula is C31H31N3O4S. The van der Waals surface area contributed by atoms with Crippen LogP contribution in [0.2, 0.25) is 0 Å². The average Bonchev–Trinajstić information content (AvgIpc) is 3.36. The molecule has 2 aliphatic heterocycles.